The molecule has 1 fully saturated rings. The normalized spacial score (nSPS) is 21.4. The molecule has 0 unspecified atom stereocenters. The Balaban J connectivity index is 2.29. The average molecular weight is 375 g/mol. The summed E-state index contributed by atoms with van der Waals surface area (Å²) in [5, 5.41) is 5.60. The highest BCUT2D eigenvalue weighted by Crippen LogP contribution is 2.34. The molecule has 2 N–H and O–H groups in total. The van der Waals surface area contributed by atoms with Crippen LogP contribution in [0.5, 0.6) is 0 Å². The van der Waals surface area contributed by atoms with Crippen molar-refractivity contribution < 1.29 is 23.9 Å². The largest absolute Gasteiger partial charge is 0.355 e. The van der Waals surface area contributed by atoms with Crippen LogP contribution in [-0.4, -0.2) is 54.3 Å². The molecular weight excluding hydrogens is 344 g/mol. The van der Waals surface area contributed by atoms with Crippen LogP contribution in [0.15, 0.2) is 0 Å². The van der Waals surface area contributed by atoms with Crippen molar-refractivity contribution in [3.63, 3.8) is 0 Å². The van der Waals surface area contributed by atoms with Gasteiger partial charge in [0.15, 0.2) is 10.9 Å². The van der Waals surface area contributed by atoms with Crippen LogP contribution in [0.25, 0.3) is 0 Å². The summed E-state index contributed by atoms with van der Waals surface area (Å²) >= 11 is 1.21. The van der Waals surface area contributed by atoms with Crippen molar-refractivity contribution in [2.24, 2.45) is 5.41 Å². The van der Waals surface area contributed by atoms with Crippen molar-refractivity contribution in [1.29, 1.82) is 0 Å². The van der Waals surface area contributed by atoms with E-state index in [9.17, 15) is 14.4 Å². The van der Waals surface area contributed by atoms with E-state index in [1.165, 1.54) is 11.8 Å². The van der Waals surface area contributed by atoms with Gasteiger partial charge in [-0.3, -0.25) is 14.4 Å². The number of carbonyl (C=O) groups excluding carboxylic acids is 3. The lowest BCUT2D eigenvalue weighted by Crippen LogP contribution is -2.56. The molecule has 1 rings (SSSR count). The van der Waals surface area contributed by atoms with E-state index in [1.807, 2.05) is 13.8 Å². The summed E-state index contributed by atoms with van der Waals surface area (Å²) in [6, 6.07) is 0. The Labute approximate surface area is 154 Å². The zero-order valence-electron chi connectivity index (χ0n) is 15.8. The zero-order valence-corrected chi connectivity index (χ0v) is 16.6. The molecule has 7 nitrogen and oxygen atoms in total. The number of thioether (sulfide) groups is 1. The maximum absolute atomic E-state index is 12.4. The molecule has 1 aliphatic rings. The van der Waals surface area contributed by atoms with Gasteiger partial charge >= 0.3 is 0 Å². The molecule has 0 aromatic rings. The first-order chi connectivity index (χ1) is 11.6. The first-order valence-corrected chi connectivity index (χ1v) is 9.58. The minimum absolute atomic E-state index is 0.114. The number of ether oxygens (including phenoxy) is 2. The Morgan fingerprint density at radius 2 is 1.80 bits per heavy atom. The van der Waals surface area contributed by atoms with E-state index in [1.54, 1.807) is 20.8 Å². The van der Waals surface area contributed by atoms with Gasteiger partial charge in [-0.1, -0.05) is 32.5 Å². The van der Waals surface area contributed by atoms with Gasteiger partial charge in [0.1, 0.15) is 6.10 Å². The Hall–Kier alpha value is -1.12. The van der Waals surface area contributed by atoms with Gasteiger partial charge in [-0.15, -0.1) is 0 Å². The molecule has 1 atom stereocenters. The number of amides is 2. The molecule has 0 aromatic carbocycles. The highest BCUT2D eigenvalue weighted by molar-refractivity contribution is 8.13. The summed E-state index contributed by atoms with van der Waals surface area (Å²) in [6.07, 6.45) is 0.0489. The van der Waals surface area contributed by atoms with E-state index in [2.05, 4.69) is 10.6 Å². The molecule has 0 saturated carbocycles. The average Bonchev–Trinajstić information content (AvgIpc) is 2.53. The summed E-state index contributed by atoms with van der Waals surface area (Å²) < 4.78 is 11.3. The SMILES string of the molecule is CCC(=O)SCCNC(=O)CCNC(=O)[C@@H]1OC(C)(C)OCC1(C)C. The minimum Gasteiger partial charge on any atom is -0.355 e. The van der Waals surface area contributed by atoms with Crippen molar-refractivity contribution in [3.8, 4) is 0 Å². The maximum Gasteiger partial charge on any atom is 0.249 e. The van der Waals surface area contributed by atoms with Crippen LogP contribution in [0.2, 0.25) is 0 Å². The number of carbonyl (C=O) groups is 3. The first-order valence-electron chi connectivity index (χ1n) is 8.59. The van der Waals surface area contributed by atoms with Gasteiger partial charge in [-0.2, -0.15) is 0 Å². The Morgan fingerprint density at radius 3 is 2.44 bits per heavy atom. The van der Waals surface area contributed by atoms with E-state index >= 15 is 0 Å². The third-order valence-corrected chi connectivity index (χ3v) is 4.79. The monoisotopic (exact) mass is 374 g/mol. The summed E-state index contributed by atoms with van der Waals surface area (Å²) in [5.74, 6) is -0.637. The molecular formula is C17H30N2O5S. The smallest absolute Gasteiger partial charge is 0.249 e. The third kappa shape index (κ3) is 7.75. The van der Waals surface area contributed by atoms with Gasteiger partial charge in [0.25, 0.3) is 0 Å². The van der Waals surface area contributed by atoms with Crippen molar-refractivity contribution in [1.82, 2.24) is 10.6 Å². The molecule has 0 aliphatic carbocycles. The van der Waals surface area contributed by atoms with Crippen LogP contribution in [-0.2, 0) is 23.9 Å². The van der Waals surface area contributed by atoms with Crippen LogP contribution in [0.4, 0.5) is 0 Å². The number of hydrogen-bond donors (Lipinski definition) is 2. The highest BCUT2D eigenvalue weighted by atomic mass is 32.2. The predicted octanol–water partition coefficient (Wildman–Crippen LogP) is 1.46. The zero-order chi connectivity index (χ0) is 19.1. The summed E-state index contributed by atoms with van der Waals surface area (Å²) in [7, 11) is 0. The molecule has 2 amide bonds. The molecule has 144 valence electrons. The number of nitrogens with one attached hydrogen (secondary N) is 2. The van der Waals surface area contributed by atoms with E-state index < -0.39 is 17.3 Å². The van der Waals surface area contributed by atoms with Crippen LogP contribution < -0.4 is 10.6 Å². The van der Waals surface area contributed by atoms with Crippen LogP contribution in [0.3, 0.4) is 0 Å². The lowest BCUT2D eigenvalue weighted by molar-refractivity contribution is -0.304. The molecule has 25 heavy (non-hydrogen) atoms. The third-order valence-electron chi connectivity index (χ3n) is 3.77. The second kappa shape index (κ2) is 9.54. The first kappa shape index (κ1) is 21.9. The second-order valence-electron chi connectivity index (χ2n) is 7.14. The minimum atomic E-state index is -0.803. The van der Waals surface area contributed by atoms with Crippen LogP contribution >= 0.6 is 11.8 Å². The van der Waals surface area contributed by atoms with Gasteiger partial charge in [0, 0.05) is 37.1 Å². The molecule has 0 spiro atoms. The van der Waals surface area contributed by atoms with Crippen molar-refractivity contribution in [2.45, 2.75) is 59.4 Å². The summed E-state index contributed by atoms with van der Waals surface area (Å²) in [6.45, 7) is 10.3. The fraction of sp³-hybridized carbons (Fsp3) is 0.824. The van der Waals surface area contributed by atoms with Gasteiger partial charge in [-0.05, 0) is 13.8 Å². The summed E-state index contributed by atoms with van der Waals surface area (Å²) in [5.41, 5.74) is -0.440. The van der Waals surface area contributed by atoms with Gasteiger partial charge < -0.3 is 20.1 Å². The number of hydrogen-bond acceptors (Lipinski definition) is 6. The highest BCUT2D eigenvalue weighted by Gasteiger charge is 2.45. The molecule has 1 aliphatic heterocycles. The van der Waals surface area contributed by atoms with Gasteiger partial charge in [0.05, 0.1) is 6.61 Å². The maximum atomic E-state index is 12.4. The quantitative estimate of drug-likeness (QED) is 0.625. The van der Waals surface area contributed by atoms with Crippen molar-refractivity contribution in [3.05, 3.63) is 0 Å². The van der Waals surface area contributed by atoms with Crippen molar-refractivity contribution >= 4 is 28.7 Å². The lowest BCUT2D eigenvalue weighted by Gasteiger charge is -2.44. The standard InChI is InChI=1S/C17H30N2O5S/c1-6-13(21)25-10-9-18-12(20)7-8-19-15(22)14-16(2,3)11-23-17(4,5)24-14/h14H,6-11H2,1-5H3,(H,18,20)(H,19,22)/t14-/m0/s1. The summed E-state index contributed by atoms with van der Waals surface area (Å²) in [4.78, 5) is 35.3. The van der Waals surface area contributed by atoms with Gasteiger partial charge in [-0.25, -0.2) is 0 Å². The fourth-order valence-electron chi connectivity index (χ4n) is 2.26. The van der Waals surface area contributed by atoms with Crippen LogP contribution in [0, 0.1) is 5.41 Å². The van der Waals surface area contributed by atoms with Crippen molar-refractivity contribution in [2.75, 3.05) is 25.4 Å². The molecule has 0 radical (unpaired) electrons. The lowest BCUT2D eigenvalue weighted by atomic mass is 9.85. The van der Waals surface area contributed by atoms with Crippen LogP contribution in [0.1, 0.15) is 47.5 Å². The topological polar surface area (TPSA) is 93.7 Å². The Kier molecular flexibility index (Phi) is 8.37. The van der Waals surface area contributed by atoms with E-state index in [0.29, 0.717) is 25.3 Å². The number of rotatable bonds is 8. The molecule has 1 saturated heterocycles. The molecule has 1 heterocycles. The van der Waals surface area contributed by atoms with E-state index in [-0.39, 0.29) is 29.9 Å². The fourth-order valence-corrected chi connectivity index (χ4v) is 2.89. The Bertz CT molecular complexity index is 493. The van der Waals surface area contributed by atoms with E-state index in [0.717, 1.165) is 0 Å². The molecule has 8 heteroatoms. The second-order valence-corrected chi connectivity index (χ2v) is 8.29. The van der Waals surface area contributed by atoms with Gasteiger partial charge in [0.2, 0.25) is 11.8 Å². The van der Waals surface area contributed by atoms with E-state index in [4.69, 9.17) is 9.47 Å². The molecule has 0 bridgehead atoms. The molecule has 0 aromatic heterocycles. The predicted molar refractivity (Wildman–Crippen MR) is 97.1 cm³/mol. The Morgan fingerprint density at radius 1 is 1.12 bits per heavy atom.